The van der Waals surface area contributed by atoms with E-state index < -0.39 is 0 Å². The molecule has 2 heterocycles. The highest BCUT2D eigenvalue weighted by Gasteiger charge is 2.04. The fourth-order valence-corrected chi connectivity index (χ4v) is 1.46. The standard InChI is InChI=1S/C10H12N2.C2H6/c1-8(2)9-3-5-12-6-4-11-7-10(9)12;1-2/h3-8H,1-2H3;1-2H3. The Labute approximate surface area is 85.6 Å². The first kappa shape index (κ1) is 10.8. The van der Waals surface area contributed by atoms with Crippen LogP contribution in [0.4, 0.5) is 0 Å². The van der Waals surface area contributed by atoms with Crippen LogP contribution in [-0.4, -0.2) is 9.38 Å². The Hall–Kier alpha value is -1.31. The van der Waals surface area contributed by atoms with Crippen LogP contribution in [-0.2, 0) is 0 Å². The molecule has 2 heteroatoms. The Morgan fingerprint density at radius 1 is 1.21 bits per heavy atom. The van der Waals surface area contributed by atoms with Crippen LogP contribution in [0.15, 0.2) is 30.9 Å². The van der Waals surface area contributed by atoms with Crippen LogP contribution in [0.25, 0.3) is 5.52 Å². The topological polar surface area (TPSA) is 17.3 Å². The summed E-state index contributed by atoms with van der Waals surface area (Å²) in [6, 6.07) is 2.15. The molecule has 0 unspecified atom stereocenters. The molecule has 0 bridgehead atoms. The molecule has 0 fully saturated rings. The second-order valence-electron chi connectivity index (χ2n) is 3.29. The van der Waals surface area contributed by atoms with Crippen molar-refractivity contribution in [3.05, 3.63) is 36.4 Å². The summed E-state index contributed by atoms with van der Waals surface area (Å²) in [5.41, 5.74) is 2.58. The van der Waals surface area contributed by atoms with Gasteiger partial charge in [0.25, 0.3) is 0 Å². The number of rotatable bonds is 1. The van der Waals surface area contributed by atoms with Gasteiger partial charge in [0.15, 0.2) is 0 Å². The van der Waals surface area contributed by atoms with E-state index in [2.05, 4.69) is 35.5 Å². The van der Waals surface area contributed by atoms with E-state index >= 15 is 0 Å². The van der Waals surface area contributed by atoms with E-state index in [4.69, 9.17) is 0 Å². The summed E-state index contributed by atoms with van der Waals surface area (Å²) in [4.78, 5) is 4.11. The number of hydrogen-bond acceptors (Lipinski definition) is 1. The van der Waals surface area contributed by atoms with Crippen LogP contribution in [0.2, 0.25) is 0 Å². The minimum atomic E-state index is 0.569. The zero-order chi connectivity index (χ0) is 10.6. The molecule has 0 aliphatic heterocycles. The first-order valence-corrected chi connectivity index (χ1v) is 5.19. The molecule has 2 aromatic rings. The smallest absolute Gasteiger partial charge is 0.0669 e. The maximum atomic E-state index is 4.11. The molecule has 0 saturated heterocycles. The lowest BCUT2D eigenvalue weighted by Crippen LogP contribution is -1.87. The van der Waals surface area contributed by atoms with Gasteiger partial charge in [-0.3, -0.25) is 4.98 Å². The average molecular weight is 190 g/mol. The summed E-state index contributed by atoms with van der Waals surface area (Å²) in [5, 5.41) is 0. The Bertz CT molecular complexity index is 388. The predicted octanol–water partition coefficient (Wildman–Crippen LogP) is 3.48. The Balaban J connectivity index is 0.000000461. The summed E-state index contributed by atoms with van der Waals surface area (Å²) in [5.74, 6) is 0.569. The molecule has 0 amide bonds. The van der Waals surface area contributed by atoms with Crippen molar-refractivity contribution in [1.29, 1.82) is 0 Å². The van der Waals surface area contributed by atoms with E-state index in [0.29, 0.717) is 5.92 Å². The van der Waals surface area contributed by atoms with E-state index in [0.717, 1.165) is 0 Å². The fraction of sp³-hybridized carbons (Fsp3) is 0.417. The zero-order valence-corrected chi connectivity index (χ0v) is 9.36. The summed E-state index contributed by atoms with van der Waals surface area (Å²) in [6.45, 7) is 8.39. The van der Waals surface area contributed by atoms with Crippen LogP contribution in [0.5, 0.6) is 0 Å². The van der Waals surface area contributed by atoms with Gasteiger partial charge in [-0.25, -0.2) is 0 Å². The quantitative estimate of drug-likeness (QED) is 0.673. The van der Waals surface area contributed by atoms with Crippen molar-refractivity contribution in [3.63, 3.8) is 0 Å². The Morgan fingerprint density at radius 3 is 2.57 bits per heavy atom. The van der Waals surface area contributed by atoms with Gasteiger partial charge in [-0.2, -0.15) is 0 Å². The maximum absolute atomic E-state index is 4.11. The molecule has 14 heavy (non-hydrogen) atoms. The minimum absolute atomic E-state index is 0.569. The van der Waals surface area contributed by atoms with Crippen molar-refractivity contribution in [2.24, 2.45) is 0 Å². The molecule has 0 aliphatic rings. The first-order chi connectivity index (χ1) is 6.79. The lowest BCUT2D eigenvalue weighted by Gasteiger charge is -2.01. The summed E-state index contributed by atoms with van der Waals surface area (Å²) >= 11 is 0. The van der Waals surface area contributed by atoms with Gasteiger partial charge in [0.1, 0.15) is 0 Å². The maximum Gasteiger partial charge on any atom is 0.0669 e. The van der Waals surface area contributed by atoms with Crippen molar-refractivity contribution in [1.82, 2.24) is 9.38 Å². The fourth-order valence-electron chi connectivity index (χ4n) is 1.46. The molecule has 0 aliphatic carbocycles. The molecule has 0 aromatic carbocycles. The molecule has 76 valence electrons. The first-order valence-electron chi connectivity index (χ1n) is 5.19. The third-order valence-electron chi connectivity index (χ3n) is 2.12. The van der Waals surface area contributed by atoms with Crippen molar-refractivity contribution in [2.45, 2.75) is 33.6 Å². The van der Waals surface area contributed by atoms with Crippen LogP contribution < -0.4 is 0 Å². The third kappa shape index (κ3) is 1.95. The molecule has 0 saturated carbocycles. The molecule has 2 aromatic heterocycles. The van der Waals surface area contributed by atoms with Gasteiger partial charge in [0.2, 0.25) is 0 Å². The molecule has 0 spiro atoms. The van der Waals surface area contributed by atoms with Gasteiger partial charge in [0.05, 0.1) is 11.7 Å². The van der Waals surface area contributed by atoms with Gasteiger partial charge >= 0.3 is 0 Å². The lowest BCUT2D eigenvalue weighted by atomic mass is 10.1. The van der Waals surface area contributed by atoms with E-state index in [1.54, 1.807) is 6.20 Å². The van der Waals surface area contributed by atoms with Gasteiger partial charge in [-0.05, 0) is 17.5 Å². The van der Waals surface area contributed by atoms with Crippen molar-refractivity contribution in [3.8, 4) is 0 Å². The van der Waals surface area contributed by atoms with Gasteiger partial charge in [0, 0.05) is 18.6 Å². The van der Waals surface area contributed by atoms with Crippen molar-refractivity contribution in [2.75, 3.05) is 0 Å². The van der Waals surface area contributed by atoms with E-state index in [1.165, 1.54) is 11.1 Å². The molecular formula is C12H18N2. The minimum Gasteiger partial charge on any atom is -0.321 e. The third-order valence-corrected chi connectivity index (χ3v) is 2.12. The summed E-state index contributed by atoms with van der Waals surface area (Å²) < 4.78 is 2.10. The van der Waals surface area contributed by atoms with Crippen LogP contribution >= 0.6 is 0 Å². The van der Waals surface area contributed by atoms with Gasteiger partial charge in [-0.15, -0.1) is 0 Å². The molecule has 0 N–H and O–H groups in total. The van der Waals surface area contributed by atoms with E-state index in [9.17, 15) is 0 Å². The van der Waals surface area contributed by atoms with Crippen LogP contribution in [0, 0.1) is 0 Å². The average Bonchev–Trinajstić information content (AvgIpc) is 2.64. The highest BCUT2D eigenvalue weighted by Crippen LogP contribution is 2.20. The second-order valence-corrected chi connectivity index (χ2v) is 3.29. The van der Waals surface area contributed by atoms with Crippen molar-refractivity contribution >= 4 is 5.52 Å². The summed E-state index contributed by atoms with van der Waals surface area (Å²) in [7, 11) is 0. The Kier molecular flexibility index (Phi) is 3.69. The van der Waals surface area contributed by atoms with E-state index in [-0.39, 0.29) is 0 Å². The number of nitrogens with zero attached hydrogens (tertiary/aromatic N) is 2. The summed E-state index contributed by atoms with van der Waals surface area (Å²) in [6.07, 6.45) is 7.76. The zero-order valence-electron chi connectivity index (χ0n) is 9.36. The SMILES string of the molecule is CC.CC(C)c1ccn2ccncc12. The molecule has 2 nitrogen and oxygen atoms in total. The molecular weight excluding hydrogens is 172 g/mol. The van der Waals surface area contributed by atoms with Crippen molar-refractivity contribution < 1.29 is 0 Å². The number of hydrogen-bond donors (Lipinski definition) is 0. The predicted molar refractivity (Wildman–Crippen MR) is 60.6 cm³/mol. The highest BCUT2D eigenvalue weighted by molar-refractivity contribution is 5.55. The number of fused-ring (bicyclic) bond motifs is 1. The van der Waals surface area contributed by atoms with Gasteiger partial charge in [-0.1, -0.05) is 27.7 Å². The monoisotopic (exact) mass is 190 g/mol. The second kappa shape index (κ2) is 4.80. The lowest BCUT2D eigenvalue weighted by molar-refractivity contribution is 0.875. The number of aromatic nitrogens is 2. The highest BCUT2D eigenvalue weighted by atomic mass is 14.9. The molecule has 0 atom stereocenters. The normalized spacial score (nSPS) is 10.1. The van der Waals surface area contributed by atoms with Crippen LogP contribution in [0.3, 0.4) is 0 Å². The van der Waals surface area contributed by atoms with Crippen LogP contribution in [0.1, 0.15) is 39.2 Å². The van der Waals surface area contributed by atoms with E-state index in [1.807, 2.05) is 26.2 Å². The molecule has 2 rings (SSSR count). The Morgan fingerprint density at radius 2 is 1.93 bits per heavy atom. The molecule has 0 radical (unpaired) electrons. The van der Waals surface area contributed by atoms with Gasteiger partial charge < -0.3 is 4.40 Å². The largest absolute Gasteiger partial charge is 0.321 e.